The third kappa shape index (κ3) is 3.09. The van der Waals surface area contributed by atoms with E-state index in [9.17, 15) is 0 Å². The maximum absolute atomic E-state index is 5.56. The van der Waals surface area contributed by atoms with Crippen LogP contribution in [-0.4, -0.2) is 10.2 Å². The van der Waals surface area contributed by atoms with Crippen LogP contribution in [0.25, 0.3) is 0 Å². The number of aromatic nitrogens is 2. The molecule has 0 saturated heterocycles. The highest BCUT2D eigenvalue weighted by Gasteiger charge is 2.06. The van der Waals surface area contributed by atoms with Crippen molar-refractivity contribution in [3.63, 3.8) is 0 Å². The largest absolute Gasteiger partial charge is 0.464 e. The Morgan fingerprint density at radius 1 is 1.12 bits per heavy atom. The van der Waals surface area contributed by atoms with Gasteiger partial charge in [0.15, 0.2) is 0 Å². The molecule has 0 unspecified atom stereocenters. The lowest BCUT2D eigenvalue weighted by Crippen LogP contribution is -1.98. The summed E-state index contributed by atoms with van der Waals surface area (Å²) in [4.78, 5) is 0. The third-order valence-electron chi connectivity index (χ3n) is 2.41. The van der Waals surface area contributed by atoms with Gasteiger partial charge in [-0.05, 0) is 18.6 Å². The van der Waals surface area contributed by atoms with Crippen molar-refractivity contribution in [2.45, 2.75) is 39.7 Å². The molecule has 92 valence electrons. The summed E-state index contributed by atoms with van der Waals surface area (Å²) in [5, 5.41) is 10.9. The van der Waals surface area contributed by atoms with Gasteiger partial charge in [0, 0.05) is 12.8 Å². The molecule has 0 radical (unpaired) electrons. The maximum Gasteiger partial charge on any atom is 0.315 e. The Bertz CT molecular complexity index is 462. The predicted molar refractivity (Wildman–Crippen MR) is 63.7 cm³/mol. The van der Waals surface area contributed by atoms with Crippen LogP contribution in [0.4, 0.5) is 6.01 Å². The molecule has 5 nitrogen and oxygen atoms in total. The van der Waals surface area contributed by atoms with Gasteiger partial charge in [0.1, 0.15) is 11.5 Å². The standard InChI is InChI=1S/C12H17N3O2/c1-3-5-11-14-15-12(17-11)13-8-10-7-6-9(4-2)16-10/h6-7H,3-5,8H2,1-2H3,(H,13,15). The zero-order valence-electron chi connectivity index (χ0n) is 10.2. The molecular weight excluding hydrogens is 218 g/mol. The highest BCUT2D eigenvalue weighted by molar-refractivity contribution is 5.19. The number of furan rings is 1. The molecule has 0 atom stereocenters. The van der Waals surface area contributed by atoms with E-state index in [0.717, 1.165) is 30.8 Å². The quantitative estimate of drug-likeness (QED) is 0.834. The SMILES string of the molecule is CCCc1nnc(NCc2ccc(CC)o2)o1. The van der Waals surface area contributed by atoms with Crippen molar-refractivity contribution < 1.29 is 8.83 Å². The normalized spacial score (nSPS) is 10.7. The van der Waals surface area contributed by atoms with E-state index in [1.54, 1.807) is 0 Å². The first-order valence-electron chi connectivity index (χ1n) is 5.95. The number of nitrogens with zero attached hydrogens (tertiary/aromatic N) is 2. The van der Waals surface area contributed by atoms with Crippen LogP contribution in [0.1, 0.15) is 37.7 Å². The Balaban J connectivity index is 1.88. The van der Waals surface area contributed by atoms with Gasteiger partial charge in [-0.15, -0.1) is 5.10 Å². The Labute approximate surface area is 100 Å². The molecule has 2 aromatic heterocycles. The number of rotatable bonds is 6. The second kappa shape index (κ2) is 5.52. The highest BCUT2D eigenvalue weighted by Crippen LogP contribution is 2.12. The first kappa shape index (κ1) is 11.7. The molecule has 0 bridgehead atoms. The van der Waals surface area contributed by atoms with Gasteiger partial charge in [0.2, 0.25) is 5.89 Å². The van der Waals surface area contributed by atoms with Crippen LogP contribution >= 0.6 is 0 Å². The lowest BCUT2D eigenvalue weighted by atomic mass is 10.3. The monoisotopic (exact) mass is 235 g/mol. The summed E-state index contributed by atoms with van der Waals surface area (Å²) >= 11 is 0. The van der Waals surface area contributed by atoms with Crippen LogP contribution in [0.15, 0.2) is 21.0 Å². The summed E-state index contributed by atoms with van der Waals surface area (Å²) in [5.41, 5.74) is 0. The first-order chi connectivity index (χ1) is 8.31. The molecule has 0 aliphatic rings. The average Bonchev–Trinajstić information content (AvgIpc) is 2.95. The maximum atomic E-state index is 5.56. The van der Waals surface area contributed by atoms with E-state index >= 15 is 0 Å². The summed E-state index contributed by atoms with van der Waals surface area (Å²) in [6.07, 6.45) is 2.72. The van der Waals surface area contributed by atoms with Gasteiger partial charge in [-0.1, -0.05) is 18.9 Å². The van der Waals surface area contributed by atoms with Crippen molar-refractivity contribution in [3.8, 4) is 0 Å². The summed E-state index contributed by atoms with van der Waals surface area (Å²) < 4.78 is 11.0. The fraction of sp³-hybridized carbons (Fsp3) is 0.500. The number of anilines is 1. The van der Waals surface area contributed by atoms with E-state index in [0.29, 0.717) is 18.5 Å². The van der Waals surface area contributed by atoms with E-state index in [-0.39, 0.29) is 0 Å². The van der Waals surface area contributed by atoms with E-state index < -0.39 is 0 Å². The average molecular weight is 235 g/mol. The number of aryl methyl sites for hydroxylation is 2. The Hall–Kier alpha value is -1.78. The molecule has 0 spiro atoms. The molecule has 0 aliphatic carbocycles. The molecular formula is C12H17N3O2. The van der Waals surface area contributed by atoms with Crippen LogP contribution in [0.5, 0.6) is 0 Å². The van der Waals surface area contributed by atoms with E-state index in [1.165, 1.54) is 0 Å². The van der Waals surface area contributed by atoms with Crippen LogP contribution in [-0.2, 0) is 19.4 Å². The second-order valence-corrected chi connectivity index (χ2v) is 3.83. The zero-order chi connectivity index (χ0) is 12.1. The fourth-order valence-corrected chi connectivity index (χ4v) is 1.51. The van der Waals surface area contributed by atoms with Crippen LogP contribution in [0.2, 0.25) is 0 Å². The number of nitrogens with one attached hydrogen (secondary N) is 1. The van der Waals surface area contributed by atoms with Gasteiger partial charge in [0.05, 0.1) is 6.54 Å². The van der Waals surface area contributed by atoms with Gasteiger partial charge >= 0.3 is 6.01 Å². The summed E-state index contributed by atoms with van der Waals surface area (Å²) in [6, 6.07) is 4.38. The molecule has 2 rings (SSSR count). The van der Waals surface area contributed by atoms with Crippen molar-refractivity contribution in [2.75, 3.05) is 5.32 Å². The molecule has 2 aromatic rings. The molecule has 17 heavy (non-hydrogen) atoms. The lowest BCUT2D eigenvalue weighted by molar-refractivity contribution is 0.467. The van der Waals surface area contributed by atoms with Gasteiger partial charge < -0.3 is 14.2 Å². The molecule has 2 heterocycles. The predicted octanol–water partition coefficient (Wildman–Crippen LogP) is 2.79. The second-order valence-electron chi connectivity index (χ2n) is 3.83. The summed E-state index contributed by atoms with van der Waals surface area (Å²) in [5.74, 6) is 2.53. The fourth-order valence-electron chi connectivity index (χ4n) is 1.51. The number of hydrogen-bond donors (Lipinski definition) is 1. The third-order valence-corrected chi connectivity index (χ3v) is 2.41. The Kier molecular flexibility index (Phi) is 3.80. The van der Waals surface area contributed by atoms with E-state index in [4.69, 9.17) is 8.83 Å². The topological polar surface area (TPSA) is 64.1 Å². The summed E-state index contributed by atoms with van der Waals surface area (Å²) in [6.45, 7) is 4.70. The first-order valence-corrected chi connectivity index (χ1v) is 5.95. The van der Waals surface area contributed by atoms with Crippen LogP contribution < -0.4 is 5.32 Å². The highest BCUT2D eigenvalue weighted by atomic mass is 16.4. The van der Waals surface area contributed by atoms with Gasteiger partial charge in [0.25, 0.3) is 0 Å². The van der Waals surface area contributed by atoms with Crippen molar-refractivity contribution >= 4 is 6.01 Å². The molecule has 0 aliphatic heterocycles. The zero-order valence-corrected chi connectivity index (χ0v) is 10.2. The van der Waals surface area contributed by atoms with Gasteiger partial charge in [-0.25, -0.2) is 0 Å². The van der Waals surface area contributed by atoms with E-state index in [1.807, 2.05) is 12.1 Å². The molecule has 0 amide bonds. The molecule has 5 heteroatoms. The molecule has 1 N–H and O–H groups in total. The van der Waals surface area contributed by atoms with Crippen LogP contribution in [0.3, 0.4) is 0 Å². The Morgan fingerprint density at radius 2 is 1.94 bits per heavy atom. The minimum atomic E-state index is 0.447. The van der Waals surface area contributed by atoms with Gasteiger partial charge in [-0.3, -0.25) is 0 Å². The molecule has 0 saturated carbocycles. The van der Waals surface area contributed by atoms with Crippen LogP contribution in [0, 0.1) is 0 Å². The van der Waals surface area contributed by atoms with Gasteiger partial charge in [-0.2, -0.15) is 0 Å². The minimum Gasteiger partial charge on any atom is -0.464 e. The summed E-state index contributed by atoms with van der Waals surface area (Å²) in [7, 11) is 0. The Morgan fingerprint density at radius 3 is 2.65 bits per heavy atom. The molecule has 0 fully saturated rings. The van der Waals surface area contributed by atoms with Crippen molar-refractivity contribution in [1.82, 2.24) is 10.2 Å². The van der Waals surface area contributed by atoms with E-state index in [2.05, 4.69) is 29.4 Å². The smallest absolute Gasteiger partial charge is 0.315 e. The molecule has 0 aromatic carbocycles. The lowest BCUT2D eigenvalue weighted by Gasteiger charge is -1.97. The number of hydrogen-bond acceptors (Lipinski definition) is 5. The van der Waals surface area contributed by atoms with Crippen molar-refractivity contribution in [3.05, 3.63) is 29.5 Å². The minimum absolute atomic E-state index is 0.447. The van der Waals surface area contributed by atoms with Crippen molar-refractivity contribution in [2.24, 2.45) is 0 Å². The van der Waals surface area contributed by atoms with Crippen molar-refractivity contribution in [1.29, 1.82) is 0 Å².